The van der Waals surface area contributed by atoms with Crippen LogP contribution in [0.3, 0.4) is 0 Å². The van der Waals surface area contributed by atoms with Crippen molar-refractivity contribution < 1.29 is 0 Å². The predicted octanol–water partition coefficient (Wildman–Crippen LogP) is 4.04. The predicted molar refractivity (Wildman–Crippen MR) is 94.6 cm³/mol. The van der Waals surface area contributed by atoms with Crippen LogP contribution in [0.15, 0.2) is 30.3 Å². The van der Waals surface area contributed by atoms with Gasteiger partial charge in [-0.15, -0.1) is 0 Å². The minimum absolute atomic E-state index is 0.262. The van der Waals surface area contributed by atoms with Crippen molar-refractivity contribution in [2.45, 2.75) is 51.1 Å². The Morgan fingerprint density at radius 2 is 1.59 bits per heavy atom. The Hall–Kier alpha value is -1.09. The maximum absolute atomic E-state index is 5.61. The Morgan fingerprint density at radius 3 is 2.18 bits per heavy atom. The summed E-state index contributed by atoms with van der Waals surface area (Å²) in [6.07, 6.45) is 7.24. The van der Waals surface area contributed by atoms with Gasteiger partial charge in [0.15, 0.2) is 5.11 Å². The van der Waals surface area contributed by atoms with E-state index in [1.165, 1.54) is 37.7 Å². The molecular weight excluding hydrogens is 288 g/mol. The van der Waals surface area contributed by atoms with Gasteiger partial charge in [0.25, 0.3) is 0 Å². The number of hydrogen-bond acceptors (Lipinski definition) is 1. The average molecular weight is 314 g/mol. The summed E-state index contributed by atoms with van der Waals surface area (Å²) in [5.74, 6) is 3.77. The first-order chi connectivity index (χ1) is 10.7. The molecule has 1 aromatic carbocycles. The molecule has 22 heavy (non-hydrogen) atoms. The van der Waals surface area contributed by atoms with Crippen LogP contribution in [0.4, 0.5) is 0 Å². The highest BCUT2D eigenvalue weighted by Gasteiger charge is 2.48. The molecule has 0 spiro atoms. The summed E-state index contributed by atoms with van der Waals surface area (Å²) in [7, 11) is 0. The van der Waals surface area contributed by atoms with Gasteiger partial charge < -0.3 is 10.6 Å². The molecule has 5 rings (SSSR count). The number of thiocarbonyl (C=S) groups is 1. The van der Waals surface area contributed by atoms with Crippen molar-refractivity contribution >= 4 is 17.3 Å². The molecule has 4 saturated carbocycles. The van der Waals surface area contributed by atoms with Crippen molar-refractivity contribution in [3.63, 3.8) is 0 Å². The zero-order valence-electron chi connectivity index (χ0n) is 13.3. The molecule has 0 radical (unpaired) electrons. The van der Waals surface area contributed by atoms with Crippen LogP contribution in [-0.2, 0) is 0 Å². The first-order valence-corrected chi connectivity index (χ1v) is 9.22. The normalized spacial score (nSPS) is 36.9. The van der Waals surface area contributed by atoms with Crippen LogP contribution >= 0.6 is 12.2 Å². The summed E-state index contributed by atoms with van der Waals surface area (Å²) in [6.45, 7) is 2.18. The van der Waals surface area contributed by atoms with Crippen LogP contribution in [0.5, 0.6) is 0 Å². The molecular formula is C19H26N2S. The van der Waals surface area contributed by atoms with E-state index in [-0.39, 0.29) is 6.04 Å². The van der Waals surface area contributed by atoms with Crippen LogP contribution < -0.4 is 10.6 Å². The number of nitrogens with one attached hydrogen (secondary N) is 2. The van der Waals surface area contributed by atoms with Crippen molar-refractivity contribution in [3.05, 3.63) is 35.9 Å². The van der Waals surface area contributed by atoms with Gasteiger partial charge in [0.2, 0.25) is 0 Å². The molecule has 118 valence electrons. The van der Waals surface area contributed by atoms with E-state index < -0.39 is 0 Å². The standard InChI is InChI=1S/C19H26N2S/c1-12(15-5-3-2-4-6-15)20-19(22)21-18-16-8-13-7-14(10-16)11-17(18)9-13/h2-6,12-14,16-18H,7-11H2,1H3,(H2,20,21,22). The molecule has 4 aliphatic carbocycles. The highest BCUT2D eigenvalue weighted by Crippen LogP contribution is 2.53. The minimum atomic E-state index is 0.262. The lowest BCUT2D eigenvalue weighted by atomic mass is 9.54. The first-order valence-electron chi connectivity index (χ1n) is 8.81. The Morgan fingerprint density at radius 1 is 1.00 bits per heavy atom. The molecule has 4 bridgehead atoms. The third kappa shape index (κ3) is 2.76. The fourth-order valence-corrected chi connectivity index (χ4v) is 5.69. The Labute approximate surface area is 139 Å². The summed E-state index contributed by atoms with van der Waals surface area (Å²) in [5, 5.41) is 8.00. The molecule has 1 unspecified atom stereocenters. The highest BCUT2D eigenvalue weighted by atomic mass is 32.1. The molecule has 4 fully saturated rings. The highest BCUT2D eigenvalue weighted by molar-refractivity contribution is 7.80. The fourth-order valence-electron chi connectivity index (χ4n) is 5.38. The monoisotopic (exact) mass is 314 g/mol. The van der Waals surface area contributed by atoms with E-state index in [1.807, 2.05) is 0 Å². The summed E-state index contributed by atoms with van der Waals surface area (Å²) in [6, 6.07) is 11.4. The van der Waals surface area contributed by atoms with Gasteiger partial charge >= 0.3 is 0 Å². The molecule has 0 saturated heterocycles. The van der Waals surface area contributed by atoms with Crippen LogP contribution in [0.1, 0.15) is 50.6 Å². The zero-order chi connectivity index (χ0) is 15.1. The molecule has 3 heteroatoms. The van der Waals surface area contributed by atoms with Crippen molar-refractivity contribution in [2.75, 3.05) is 0 Å². The molecule has 0 aliphatic heterocycles. The molecule has 0 heterocycles. The Kier molecular flexibility index (Phi) is 3.85. The topological polar surface area (TPSA) is 24.1 Å². The van der Waals surface area contributed by atoms with E-state index in [0.717, 1.165) is 28.8 Å². The van der Waals surface area contributed by atoms with Gasteiger partial charge in [-0.2, -0.15) is 0 Å². The smallest absolute Gasteiger partial charge is 0.167 e. The third-order valence-corrected chi connectivity index (χ3v) is 6.41. The average Bonchev–Trinajstić information content (AvgIpc) is 2.51. The van der Waals surface area contributed by atoms with Gasteiger partial charge in [-0.3, -0.25) is 0 Å². The lowest BCUT2D eigenvalue weighted by Gasteiger charge is -2.54. The Balaban J connectivity index is 1.36. The number of benzene rings is 1. The van der Waals surface area contributed by atoms with Crippen LogP contribution in [0.25, 0.3) is 0 Å². The van der Waals surface area contributed by atoms with Crippen molar-refractivity contribution in [3.8, 4) is 0 Å². The van der Waals surface area contributed by atoms with Crippen LogP contribution in [0.2, 0.25) is 0 Å². The molecule has 0 aromatic heterocycles. The van der Waals surface area contributed by atoms with Gasteiger partial charge in [0, 0.05) is 6.04 Å². The van der Waals surface area contributed by atoms with Crippen LogP contribution in [0, 0.1) is 23.7 Å². The van der Waals surface area contributed by atoms with Gasteiger partial charge in [-0.25, -0.2) is 0 Å². The van der Waals surface area contributed by atoms with E-state index >= 15 is 0 Å². The molecule has 1 aromatic rings. The van der Waals surface area contributed by atoms with E-state index in [1.54, 1.807) is 0 Å². The number of rotatable bonds is 3. The summed E-state index contributed by atoms with van der Waals surface area (Å²) >= 11 is 5.61. The molecule has 4 aliphatic rings. The van der Waals surface area contributed by atoms with E-state index in [0.29, 0.717) is 6.04 Å². The van der Waals surface area contributed by atoms with Gasteiger partial charge in [0.1, 0.15) is 0 Å². The maximum atomic E-state index is 5.61. The molecule has 2 nitrogen and oxygen atoms in total. The lowest BCUT2D eigenvalue weighted by molar-refractivity contribution is -0.00698. The SMILES string of the molecule is CC(NC(=S)NC1C2CC3CC(C2)CC1C3)c1ccccc1. The Bertz CT molecular complexity index is 514. The second kappa shape index (κ2) is 5.84. The van der Waals surface area contributed by atoms with Crippen molar-refractivity contribution in [1.29, 1.82) is 0 Å². The zero-order valence-corrected chi connectivity index (χ0v) is 14.1. The fraction of sp³-hybridized carbons (Fsp3) is 0.632. The largest absolute Gasteiger partial charge is 0.359 e. The first kappa shape index (κ1) is 14.5. The summed E-state index contributed by atoms with van der Waals surface area (Å²) in [5.41, 5.74) is 1.29. The quantitative estimate of drug-likeness (QED) is 0.824. The van der Waals surface area contributed by atoms with Crippen molar-refractivity contribution in [1.82, 2.24) is 10.6 Å². The lowest BCUT2D eigenvalue weighted by Crippen LogP contribution is -2.57. The summed E-state index contributed by atoms with van der Waals surface area (Å²) < 4.78 is 0. The molecule has 2 N–H and O–H groups in total. The minimum Gasteiger partial charge on any atom is -0.359 e. The molecule has 0 amide bonds. The van der Waals surface area contributed by atoms with E-state index in [4.69, 9.17) is 12.2 Å². The third-order valence-electron chi connectivity index (χ3n) is 6.17. The maximum Gasteiger partial charge on any atom is 0.167 e. The second-order valence-corrected chi connectivity index (χ2v) is 8.11. The molecule has 1 atom stereocenters. The van der Waals surface area contributed by atoms with Gasteiger partial charge in [-0.05, 0) is 80.5 Å². The second-order valence-electron chi connectivity index (χ2n) is 7.71. The van der Waals surface area contributed by atoms with Crippen LogP contribution in [-0.4, -0.2) is 11.2 Å². The van der Waals surface area contributed by atoms with E-state index in [9.17, 15) is 0 Å². The summed E-state index contributed by atoms with van der Waals surface area (Å²) in [4.78, 5) is 0. The van der Waals surface area contributed by atoms with Gasteiger partial charge in [-0.1, -0.05) is 30.3 Å². The van der Waals surface area contributed by atoms with E-state index in [2.05, 4.69) is 47.9 Å². The van der Waals surface area contributed by atoms with Gasteiger partial charge in [0.05, 0.1) is 6.04 Å². The van der Waals surface area contributed by atoms with Crippen molar-refractivity contribution in [2.24, 2.45) is 23.7 Å². The number of hydrogen-bond donors (Lipinski definition) is 2.